The molecular formula is C16H18N2OS. The van der Waals surface area contributed by atoms with E-state index in [0.717, 1.165) is 29.2 Å². The molecule has 20 heavy (non-hydrogen) atoms. The van der Waals surface area contributed by atoms with Gasteiger partial charge in [-0.15, -0.1) is 13.2 Å². The molecule has 0 aliphatic heterocycles. The molecule has 0 aliphatic carbocycles. The van der Waals surface area contributed by atoms with Gasteiger partial charge in [-0.1, -0.05) is 53.8 Å². The van der Waals surface area contributed by atoms with E-state index in [9.17, 15) is 4.79 Å². The van der Waals surface area contributed by atoms with Crippen LogP contribution in [0.3, 0.4) is 0 Å². The van der Waals surface area contributed by atoms with Gasteiger partial charge in [0.05, 0.1) is 5.69 Å². The quantitative estimate of drug-likeness (QED) is 0.793. The maximum Gasteiger partial charge on any atom is 0.305 e. The lowest BCUT2D eigenvalue weighted by atomic mass is 10.1. The topological polar surface area (TPSA) is 36.1 Å². The summed E-state index contributed by atoms with van der Waals surface area (Å²) in [6.45, 7) is 9.79. The Morgan fingerprint density at radius 1 is 1.15 bits per heavy atom. The van der Waals surface area contributed by atoms with Crippen LogP contribution in [0, 0.1) is 0 Å². The molecule has 1 aromatic heterocycles. The lowest BCUT2D eigenvalue weighted by Gasteiger charge is -2.18. The van der Waals surface area contributed by atoms with Crippen molar-refractivity contribution in [1.82, 2.24) is 9.88 Å². The van der Waals surface area contributed by atoms with Crippen LogP contribution in [-0.4, -0.2) is 23.0 Å². The molecule has 0 atom stereocenters. The fraction of sp³-hybridized carbons (Fsp3) is 0.188. The third kappa shape index (κ3) is 3.56. The highest BCUT2D eigenvalue weighted by Crippen LogP contribution is 2.24. The second-order valence-electron chi connectivity index (χ2n) is 4.45. The van der Waals surface area contributed by atoms with E-state index in [1.807, 2.05) is 42.5 Å². The van der Waals surface area contributed by atoms with E-state index in [-0.39, 0.29) is 4.87 Å². The summed E-state index contributed by atoms with van der Waals surface area (Å²) < 4.78 is 0. The Morgan fingerprint density at radius 2 is 1.80 bits per heavy atom. The van der Waals surface area contributed by atoms with Crippen LogP contribution in [0.5, 0.6) is 0 Å². The molecule has 0 saturated carbocycles. The number of hydrogen-bond donors (Lipinski definition) is 1. The zero-order chi connectivity index (χ0) is 14.4. The summed E-state index contributed by atoms with van der Waals surface area (Å²) >= 11 is 1.27. The predicted molar refractivity (Wildman–Crippen MR) is 86.0 cm³/mol. The van der Waals surface area contributed by atoms with Crippen molar-refractivity contribution in [2.45, 2.75) is 6.54 Å². The van der Waals surface area contributed by atoms with E-state index in [0.29, 0.717) is 6.54 Å². The molecular weight excluding hydrogens is 268 g/mol. The molecule has 2 rings (SSSR count). The number of rotatable bonds is 7. The van der Waals surface area contributed by atoms with Gasteiger partial charge in [0, 0.05) is 24.5 Å². The first-order chi connectivity index (χ1) is 9.74. The van der Waals surface area contributed by atoms with Crippen molar-refractivity contribution in [3.63, 3.8) is 0 Å². The van der Waals surface area contributed by atoms with Crippen molar-refractivity contribution < 1.29 is 0 Å². The van der Waals surface area contributed by atoms with Crippen LogP contribution >= 0.6 is 11.3 Å². The Balaban J connectivity index is 2.30. The second-order valence-corrected chi connectivity index (χ2v) is 5.52. The molecule has 0 fully saturated rings. The molecule has 2 aromatic rings. The minimum Gasteiger partial charge on any atom is -0.312 e. The van der Waals surface area contributed by atoms with E-state index in [1.165, 1.54) is 11.3 Å². The third-order valence-electron chi connectivity index (χ3n) is 2.93. The number of aromatic amines is 1. The largest absolute Gasteiger partial charge is 0.312 e. The molecule has 1 N–H and O–H groups in total. The summed E-state index contributed by atoms with van der Waals surface area (Å²) in [6, 6.07) is 9.93. The average molecular weight is 286 g/mol. The SMILES string of the molecule is C=CCN(CC=C)Cc1sc(=O)[nH]c1-c1ccccc1. The second kappa shape index (κ2) is 7.03. The molecule has 1 heterocycles. The number of hydrogen-bond acceptors (Lipinski definition) is 3. The van der Waals surface area contributed by atoms with Crippen LogP contribution in [0.4, 0.5) is 0 Å². The molecule has 0 spiro atoms. The molecule has 0 aliphatic rings. The molecule has 0 radical (unpaired) electrons. The summed E-state index contributed by atoms with van der Waals surface area (Å²) in [6.07, 6.45) is 3.72. The van der Waals surface area contributed by atoms with Gasteiger partial charge in [0.15, 0.2) is 0 Å². The van der Waals surface area contributed by atoms with E-state index in [4.69, 9.17) is 0 Å². The van der Waals surface area contributed by atoms with E-state index in [2.05, 4.69) is 23.0 Å². The summed E-state index contributed by atoms with van der Waals surface area (Å²) in [7, 11) is 0. The summed E-state index contributed by atoms with van der Waals surface area (Å²) in [5.41, 5.74) is 1.96. The number of thiazole rings is 1. The van der Waals surface area contributed by atoms with Gasteiger partial charge in [0.2, 0.25) is 0 Å². The third-order valence-corrected chi connectivity index (χ3v) is 3.79. The van der Waals surface area contributed by atoms with Crippen LogP contribution in [0.25, 0.3) is 11.3 Å². The van der Waals surface area contributed by atoms with Gasteiger partial charge < -0.3 is 4.98 Å². The van der Waals surface area contributed by atoms with Gasteiger partial charge in [-0.05, 0) is 5.56 Å². The van der Waals surface area contributed by atoms with Gasteiger partial charge in [-0.25, -0.2) is 0 Å². The van der Waals surface area contributed by atoms with Crippen molar-refractivity contribution in [3.05, 3.63) is 70.2 Å². The highest BCUT2D eigenvalue weighted by molar-refractivity contribution is 7.09. The van der Waals surface area contributed by atoms with Crippen molar-refractivity contribution in [2.24, 2.45) is 0 Å². The van der Waals surface area contributed by atoms with Crippen LogP contribution in [0.2, 0.25) is 0 Å². The number of benzene rings is 1. The predicted octanol–water partition coefficient (Wildman–Crippen LogP) is 3.28. The maximum atomic E-state index is 11.7. The molecule has 3 nitrogen and oxygen atoms in total. The summed E-state index contributed by atoms with van der Waals surface area (Å²) in [4.78, 5) is 17.8. The Labute approximate surface area is 122 Å². The lowest BCUT2D eigenvalue weighted by Crippen LogP contribution is -2.23. The lowest BCUT2D eigenvalue weighted by molar-refractivity contribution is 0.331. The first-order valence-corrected chi connectivity index (χ1v) is 7.27. The Morgan fingerprint density at radius 3 is 2.40 bits per heavy atom. The molecule has 1 aromatic carbocycles. The first kappa shape index (κ1) is 14.5. The van der Waals surface area contributed by atoms with Crippen LogP contribution in [0.1, 0.15) is 4.88 Å². The molecule has 4 heteroatoms. The molecule has 0 bridgehead atoms. The number of H-pyrrole nitrogens is 1. The number of nitrogens with zero attached hydrogens (tertiary/aromatic N) is 1. The fourth-order valence-electron chi connectivity index (χ4n) is 2.08. The van der Waals surface area contributed by atoms with Gasteiger partial charge in [0.1, 0.15) is 0 Å². The molecule has 0 amide bonds. The average Bonchev–Trinajstić information content (AvgIpc) is 2.81. The first-order valence-electron chi connectivity index (χ1n) is 6.46. The highest BCUT2D eigenvalue weighted by Gasteiger charge is 2.12. The van der Waals surface area contributed by atoms with E-state index < -0.39 is 0 Å². The minimum atomic E-state index is -0.0176. The van der Waals surface area contributed by atoms with Crippen LogP contribution < -0.4 is 4.87 Å². The Hall–Kier alpha value is -1.91. The maximum absolute atomic E-state index is 11.7. The Kier molecular flexibility index (Phi) is 5.09. The van der Waals surface area contributed by atoms with Gasteiger partial charge in [0.25, 0.3) is 0 Å². The molecule has 0 unspecified atom stereocenters. The summed E-state index contributed by atoms with van der Waals surface area (Å²) in [5, 5.41) is 0. The standard InChI is InChI=1S/C16H18N2OS/c1-3-10-18(11-4-2)12-14-15(17-16(19)20-14)13-8-6-5-7-9-13/h3-9H,1-2,10-12H2,(H,17,19). The monoisotopic (exact) mass is 286 g/mol. The van der Waals surface area contributed by atoms with Crippen LogP contribution in [0.15, 0.2) is 60.4 Å². The smallest absolute Gasteiger partial charge is 0.305 e. The van der Waals surface area contributed by atoms with Crippen molar-refractivity contribution in [3.8, 4) is 11.3 Å². The van der Waals surface area contributed by atoms with E-state index >= 15 is 0 Å². The minimum absolute atomic E-state index is 0.0176. The normalized spacial score (nSPS) is 10.7. The number of nitrogens with one attached hydrogen (secondary N) is 1. The van der Waals surface area contributed by atoms with Crippen molar-refractivity contribution in [1.29, 1.82) is 0 Å². The van der Waals surface area contributed by atoms with Crippen molar-refractivity contribution >= 4 is 11.3 Å². The van der Waals surface area contributed by atoms with E-state index in [1.54, 1.807) is 0 Å². The van der Waals surface area contributed by atoms with Gasteiger partial charge in [-0.3, -0.25) is 9.69 Å². The molecule has 0 saturated heterocycles. The molecule has 104 valence electrons. The van der Waals surface area contributed by atoms with Crippen molar-refractivity contribution in [2.75, 3.05) is 13.1 Å². The number of aromatic nitrogens is 1. The highest BCUT2D eigenvalue weighted by atomic mass is 32.1. The van der Waals surface area contributed by atoms with Crippen LogP contribution in [-0.2, 0) is 6.54 Å². The van der Waals surface area contributed by atoms with Gasteiger partial charge in [-0.2, -0.15) is 0 Å². The van der Waals surface area contributed by atoms with Gasteiger partial charge >= 0.3 is 4.87 Å². The fourth-order valence-corrected chi connectivity index (χ4v) is 2.98. The Bertz CT molecular complexity index is 617. The zero-order valence-corrected chi connectivity index (χ0v) is 12.2. The summed E-state index contributed by atoms with van der Waals surface area (Å²) in [5.74, 6) is 0. The zero-order valence-electron chi connectivity index (χ0n) is 11.3.